The average Bonchev–Trinajstić information content (AvgIpc) is 2.46. The van der Waals surface area contributed by atoms with Gasteiger partial charge in [-0.25, -0.2) is 0 Å². The number of amides is 1. The van der Waals surface area contributed by atoms with Gasteiger partial charge < -0.3 is 10.1 Å². The Morgan fingerprint density at radius 1 is 0.944 bits per heavy atom. The highest BCUT2D eigenvalue weighted by molar-refractivity contribution is 9.10. The molecule has 18 heavy (non-hydrogen) atoms. The molecule has 0 saturated heterocycles. The number of hydrogen-bond donors (Lipinski definition) is 1. The lowest BCUT2D eigenvalue weighted by molar-refractivity contribution is 0.102. The van der Waals surface area contributed by atoms with Gasteiger partial charge in [0.15, 0.2) is 5.75 Å². The molecule has 0 unspecified atom stereocenters. The third kappa shape index (κ3) is 2.04. The van der Waals surface area contributed by atoms with Crippen LogP contribution in [0.15, 0.2) is 45.3 Å². The minimum Gasteiger partial charge on any atom is -0.454 e. The fraction of sp³-hybridized carbons (Fsp3) is 0. The number of rotatable bonds is 0. The minimum absolute atomic E-state index is 0.174. The fourth-order valence-electron chi connectivity index (χ4n) is 1.76. The lowest BCUT2D eigenvalue weighted by Gasteiger charge is -2.07. The molecule has 0 radical (unpaired) electrons. The third-order valence-electron chi connectivity index (χ3n) is 2.60. The molecule has 3 nitrogen and oxygen atoms in total. The van der Waals surface area contributed by atoms with Gasteiger partial charge in [0, 0.05) is 8.95 Å². The highest BCUT2D eigenvalue weighted by Crippen LogP contribution is 2.37. The van der Waals surface area contributed by atoms with Gasteiger partial charge in [0.05, 0.1) is 11.3 Å². The van der Waals surface area contributed by atoms with Crippen LogP contribution in [0.25, 0.3) is 0 Å². The monoisotopic (exact) mass is 367 g/mol. The van der Waals surface area contributed by atoms with Crippen LogP contribution in [0, 0.1) is 0 Å². The molecule has 0 bridgehead atoms. The van der Waals surface area contributed by atoms with Crippen LogP contribution in [-0.2, 0) is 0 Å². The molecule has 1 amide bonds. The van der Waals surface area contributed by atoms with E-state index < -0.39 is 0 Å². The van der Waals surface area contributed by atoms with E-state index in [-0.39, 0.29) is 5.91 Å². The number of hydrogen-bond acceptors (Lipinski definition) is 2. The van der Waals surface area contributed by atoms with Gasteiger partial charge in [0.2, 0.25) is 0 Å². The Labute approximate surface area is 120 Å². The Hall–Kier alpha value is -1.33. The van der Waals surface area contributed by atoms with Crippen molar-refractivity contribution in [3.05, 3.63) is 50.9 Å². The Morgan fingerprint density at radius 2 is 1.67 bits per heavy atom. The molecule has 5 heteroatoms. The molecule has 0 aliphatic carbocycles. The van der Waals surface area contributed by atoms with E-state index in [1.165, 1.54) is 0 Å². The number of nitrogens with one attached hydrogen (secondary N) is 1. The average molecular weight is 369 g/mol. The van der Waals surface area contributed by atoms with E-state index in [1.807, 2.05) is 18.2 Å². The molecule has 0 saturated carbocycles. The van der Waals surface area contributed by atoms with E-state index in [2.05, 4.69) is 37.2 Å². The van der Waals surface area contributed by atoms with Gasteiger partial charge in [-0.05, 0) is 36.4 Å². The minimum atomic E-state index is -0.174. The quantitative estimate of drug-likeness (QED) is 0.739. The molecule has 0 fully saturated rings. The second-order valence-corrected chi connectivity index (χ2v) is 5.67. The summed E-state index contributed by atoms with van der Waals surface area (Å²) >= 11 is 6.73. The summed E-state index contributed by atoms with van der Waals surface area (Å²) in [5.74, 6) is 0.999. The summed E-state index contributed by atoms with van der Waals surface area (Å²) in [4.78, 5) is 12.1. The zero-order valence-corrected chi connectivity index (χ0v) is 12.2. The molecule has 2 aromatic carbocycles. The molecular formula is C13H7Br2NO2. The highest BCUT2D eigenvalue weighted by atomic mass is 79.9. The third-order valence-corrected chi connectivity index (χ3v) is 3.58. The second kappa shape index (κ2) is 4.40. The zero-order valence-electron chi connectivity index (χ0n) is 9.04. The van der Waals surface area contributed by atoms with Crippen molar-refractivity contribution in [2.75, 3.05) is 5.32 Å². The molecule has 1 aliphatic rings. The van der Waals surface area contributed by atoms with E-state index in [1.54, 1.807) is 18.2 Å². The summed E-state index contributed by atoms with van der Waals surface area (Å²) in [6.07, 6.45) is 0. The van der Waals surface area contributed by atoms with Crippen molar-refractivity contribution < 1.29 is 9.53 Å². The first-order chi connectivity index (χ1) is 8.63. The maximum absolute atomic E-state index is 12.1. The lowest BCUT2D eigenvalue weighted by Crippen LogP contribution is -2.10. The largest absolute Gasteiger partial charge is 0.454 e. The van der Waals surface area contributed by atoms with Crippen molar-refractivity contribution in [3.8, 4) is 11.5 Å². The number of halogens is 2. The number of fused-ring (bicyclic) bond motifs is 2. The van der Waals surface area contributed by atoms with Crippen LogP contribution in [-0.4, -0.2) is 5.91 Å². The normalized spacial score (nSPS) is 12.9. The van der Waals surface area contributed by atoms with Crippen molar-refractivity contribution in [1.82, 2.24) is 0 Å². The van der Waals surface area contributed by atoms with Gasteiger partial charge in [-0.1, -0.05) is 31.9 Å². The van der Waals surface area contributed by atoms with E-state index in [4.69, 9.17) is 4.74 Å². The highest BCUT2D eigenvalue weighted by Gasteiger charge is 2.20. The summed E-state index contributed by atoms with van der Waals surface area (Å²) in [5, 5.41) is 2.83. The molecule has 0 aromatic heterocycles. The first-order valence-corrected chi connectivity index (χ1v) is 6.80. The molecule has 1 N–H and O–H groups in total. The first-order valence-electron chi connectivity index (χ1n) is 5.22. The van der Waals surface area contributed by atoms with Crippen molar-refractivity contribution in [1.29, 1.82) is 0 Å². The van der Waals surface area contributed by atoms with Gasteiger partial charge in [0.25, 0.3) is 5.91 Å². The fourth-order valence-corrected chi connectivity index (χ4v) is 2.46. The Balaban J connectivity index is 2.17. The maximum Gasteiger partial charge on any atom is 0.259 e. The zero-order chi connectivity index (χ0) is 12.7. The predicted molar refractivity (Wildman–Crippen MR) is 76.3 cm³/mol. The van der Waals surface area contributed by atoms with Gasteiger partial charge in [-0.3, -0.25) is 4.79 Å². The smallest absolute Gasteiger partial charge is 0.259 e. The topological polar surface area (TPSA) is 38.3 Å². The predicted octanol–water partition coefficient (Wildman–Crippen LogP) is 4.57. The van der Waals surface area contributed by atoms with E-state index >= 15 is 0 Å². The van der Waals surface area contributed by atoms with E-state index in [9.17, 15) is 4.79 Å². The van der Waals surface area contributed by atoms with Crippen LogP contribution < -0.4 is 10.1 Å². The van der Waals surface area contributed by atoms with Crippen LogP contribution in [0.2, 0.25) is 0 Å². The van der Waals surface area contributed by atoms with Crippen molar-refractivity contribution in [2.24, 2.45) is 0 Å². The summed E-state index contributed by atoms with van der Waals surface area (Å²) < 4.78 is 7.51. The standard InChI is InChI=1S/C13H7Br2NO2/c14-7-2-4-11-9(5-7)13(17)16-10-3-1-8(15)6-12(10)18-11/h1-6H,(H,16,17). The number of anilines is 1. The Morgan fingerprint density at radius 3 is 2.50 bits per heavy atom. The Bertz CT molecular complexity index is 655. The summed E-state index contributed by atoms with van der Waals surface area (Å²) in [6.45, 7) is 0. The SMILES string of the molecule is O=C1Nc2ccc(Br)cc2Oc2ccc(Br)cc21. The summed E-state index contributed by atoms with van der Waals surface area (Å²) in [5.41, 5.74) is 1.17. The van der Waals surface area contributed by atoms with E-state index in [0.29, 0.717) is 22.7 Å². The van der Waals surface area contributed by atoms with Gasteiger partial charge in [0.1, 0.15) is 5.75 Å². The van der Waals surface area contributed by atoms with Crippen molar-refractivity contribution in [2.45, 2.75) is 0 Å². The first kappa shape index (κ1) is 11.7. The summed E-state index contributed by atoms with van der Waals surface area (Å²) in [7, 11) is 0. The van der Waals surface area contributed by atoms with Gasteiger partial charge >= 0.3 is 0 Å². The number of carbonyl (C=O) groups excluding carboxylic acids is 1. The molecule has 90 valence electrons. The van der Waals surface area contributed by atoms with Gasteiger partial charge in [-0.2, -0.15) is 0 Å². The van der Waals surface area contributed by atoms with Crippen molar-refractivity contribution >= 4 is 43.5 Å². The lowest BCUT2D eigenvalue weighted by atomic mass is 10.2. The molecule has 1 aliphatic heterocycles. The molecule has 0 spiro atoms. The van der Waals surface area contributed by atoms with Crippen LogP contribution in [0.1, 0.15) is 10.4 Å². The number of benzene rings is 2. The van der Waals surface area contributed by atoms with Crippen LogP contribution >= 0.6 is 31.9 Å². The number of carbonyl (C=O) groups is 1. The summed E-state index contributed by atoms with van der Waals surface area (Å²) in [6, 6.07) is 10.8. The number of ether oxygens (including phenoxy) is 1. The maximum atomic E-state index is 12.1. The second-order valence-electron chi connectivity index (χ2n) is 3.84. The van der Waals surface area contributed by atoms with Crippen LogP contribution in [0.5, 0.6) is 11.5 Å². The molecule has 0 atom stereocenters. The Kier molecular flexibility index (Phi) is 2.87. The molecule has 3 rings (SSSR count). The molecule has 1 heterocycles. The van der Waals surface area contributed by atoms with Gasteiger partial charge in [-0.15, -0.1) is 0 Å². The van der Waals surface area contributed by atoms with E-state index in [0.717, 1.165) is 8.95 Å². The van der Waals surface area contributed by atoms with Crippen molar-refractivity contribution in [3.63, 3.8) is 0 Å². The molecular weight excluding hydrogens is 362 g/mol. The molecule has 2 aromatic rings. The van der Waals surface area contributed by atoms with Crippen LogP contribution in [0.3, 0.4) is 0 Å². The van der Waals surface area contributed by atoms with Crippen LogP contribution in [0.4, 0.5) is 5.69 Å².